The van der Waals surface area contributed by atoms with Crippen molar-refractivity contribution in [2.24, 2.45) is 0 Å². The summed E-state index contributed by atoms with van der Waals surface area (Å²) in [6, 6.07) is 9.59. The van der Waals surface area contributed by atoms with Gasteiger partial charge in [0, 0.05) is 11.4 Å². The third kappa shape index (κ3) is 4.26. The molecule has 1 atom stereocenters. The van der Waals surface area contributed by atoms with Crippen LogP contribution < -0.4 is 10.6 Å². The highest BCUT2D eigenvalue weighted by Crippen LogP contribution is 2.27. The first-order chi connectivity index (χ1) is 13.2. The minimum absolute atomic E-state index is 0.213. The number of amides is 2. The molecule has 0 spiro atoms. The second kappa shape index (κ2) is 7.90. The van der Waals surface area contributed by atoms with Gasteiger partial charge in [-0.15, -0.1) is 0 Å². The zero-order chi connectivity index (χ0) is 20.4. The molecule has 1 unspecified atom stereocenters. The topological polar surface area (TPSA) is 89.2 Å². The Morgan fingerprint density at radius 1 is 1.11 bits per heavy atom. The van der Waals surface area contributed by atoms with E-state index in [1.165, 1.54) is 0 Å². The average Bonchev–Trinajstić information content (AvgIpc) is 3.21. The van der Waals surface area contributed by atoms with Crippen LogP contribution in [0.25, 0.3) is 0 Å². The number of nitrogens with zero attached hydrogens (tertiary/aromatic N) is 2. The van der Waals surface area contributed by atoms with E-state index in [-0.39, 0.29) is 17.6 Å². The Morgan fingerprint density at radius 2 is 1.86 bits per heavy atom. The van der Waals surface area contributed by atoms with E-state index in [2.05, 4.69) is 15.7 Å². The number of aromatic nitrogens is 2. The van der Waals surface area contributed by atoms with Crippen molar-refractivity contribution < 1.29 is 14.0 Å². The Labute approximate surface area is 167 Å². The maximum atomic E-state index is 12.6. The fourth-order valence-corrected chi connectivity index (χ4v) is 3.06. The molecule has 0 fully saturated rings. The van der Waals surface area contributed by atoms with E-state index in [0.29, 0.717) is 22.2 Å². The number of hydrogen-bond acceptors (Lipinski definition) is 4. The van der Waals surface area contributed by atoms with Gasteiger partial charge in [-0.05, 0) is 64.1 Å². The first-order valence-electron chi connectivity index (χ1n) is 8.75. The van der Waals surface area contributed by atoms with Gasteiger partial charge in [0.25, 0.3) is 5.91 Å². The van der Waals surface area contributed by atoms with Crippen LogP contribution in [0.15, 0.2) is 40.8 Å². The number of aryl methyl sites for hydroxylation is 3. The minimum atomic E-state index is -0.494. The average molecular weight is 401 g/mol. The number of anilines is 2. The van der Waals surface area contributed by atoms with Crippen molar-refractivity contribution in [3.63, 3.8) is 0 Å². The molecule has 0 aliphatic rings. The third-order valence-electron chi connectivity index (χ3n) is 4.24. The zero-order valence-corrected chi connectivity index (χ0v) is 16.8. The van der Waals surface area contributed by atoms with Crippen molar-refractivity contribution >= 4 is 34.8 Å². The minimum Gasteiger partial charge on any atom is -0.456 e. The van der Waals surface area contributed by atoms with Crippen LogP contribution in [0.3, 0.4) is 0 Å². The standard InChI is InChI=1S/C20H21ClN4O3/c1-11-9-12(2)25(24-11)14(4)19(26)23-17-7-6-15(10-16(17)21)22-20(27)18-8-5-13(3)28-18/h5-10,14H,1-4H3,(H,22,27)(H,23,26). The van der Waals surface area contributed by atoms with E-state index in [9.17, 15) is 9.59 Å². The van der Waals surface area contributed by atoms with Gasteiger partial charge in [0.15, 0.2) is 5.76 Å². The predicted molar refractivity (Wildman–Crippen MR) is 108 cm³/mol. The lowest BCUT2D eigenvalue weighted by Crippen LogP contribution is -2.25. The molecule has 2 amide bonds. The molecular weight excluding hydrogens is 380 g/mol. The molecule has 2 heterocycles. The molecule has 3 rings (SSSR count). The van der Waals surface area contributed by atoms with Crippen molar-refractivity contribution in [3.8, 4) is 0 Å². The monoisotopic (exact) mass is 400 g/mol. The number of nitrogens with one attached hydrogen (secondary N) is 2. The molecule has 2 N–H and O–H groups in total. The Balaban J connectivity index is 1.69. The highest BCUT2D eigenvalue weighted by Gasteiger charge is 2.19. The summed E-state index contributed by atoms with van der Waals surface area (Å²) < 4.78 is 6.96. The highest BCUT2D eigenvalue weighted by atomic mass is 35.5. The molecule has 1 aromatic carbocycles. The van der Waals surface area contributed by atoms with Crippen LogP contribution >= 0.6 is 11.6 Å². The number of hydrogen-bond donors (Lipinski definition) is 2. The quantitative estimate of drug-likeness (QED) is 0.659. The number of carbonyl (C=O) groups excluding carboxylic acids is 2. The molecule has 0 aliphatic carbocycles. The number of furan rings is 1. The summed E-state index contributed by atoms with van der Waals surface area (Å²) in [6.45, 7) is 7.30. The van der Waals surface area contributed by atoms with Crippen LogP contribution in [0.1, 0.15) is 40.7 Å². The second-order valence-electron chi connectivity index (χ2n) is 6.60. The van der Waals surface area contributed by atoms with Crippen LogP contribution in [0.5, 0.6) is 0 Å². The van der Waals surface area contributed by atoms with Gasteiger partial charge in [-0.3, -0.25) is 14.3 Å². The molecule has 0 bridgehead atoms. The summed E-state index contributed by atoms with van der Waals surface area (Å²) in [4.78, 5) is 24.7. The zero-order valence-electron chi connectivity index (χ0n) is 16.0. The van der Waals surface area contributed by atoms with Crippen LogP contribution in [-0.2, 0) is 4.79 Å². The highest BCUT2D eigenvalue weighted by molar-refractivity contribution is 6.34. The molecule has 0 aliphatic heterocycles. The summed E-state index contributed by atoms with van der Waals surface area (Å²) >= 11 is 6.28. The SMILES string of the molecule is Cc1cc(C)n(C(C)C(=O)Nc2ccc(NC(=O)c3ccc(C)o3)cc2Cl)n1. The first kappa shape index (κ1) is 19.7. The molecule has 28 heavy (non-hydrogen) atoms. The van der Waals surface area contributed by atoms with Gasteiger partial charge < -0.3 is 15.1 Å². The summed E-state index contributed by atoms with van der Waals surface area (Å²) in [5.41, 5.74) is 2.69. The van der Waals surface area contributed by atoms with E-state index >= 15 is 0 Å². The van der Waals surface area contributed by atoms with Crippen molar-refractivity contribution in [1.29, 1.82) is 0 Å². The Bertz CT molecular complexity index is 1040. The largest absolute Gasteiger partial charge is 0.456 e. The van der Waals surface area contributed by atoms with Crippen LogP contribution in [0.2, 0.25) is 5.02 Å². The summed E-state index contributed by atoms with van der Waals surface area (Å²) in [5.74, 6) is 0.248. The van der Waals surface area contributed by atoms with E-state index in [1.54, 1.807) is 48.9 Å². The Kier molecular flexibility index (Phi) is 5.56. The fourth-order valence-electron chi connectivity index (χ4n) is 2.83. The van der Waals surface area contributed by atoms with Gasteiger partial charge in [0.05, 0.1) is 16.4 Å². The van der Waals surface area contributed by atoms with Crippen LogP contribution in [0, 0.1) is 20.8 Å². The smallest absolute Gasteiger partial charge is 0.291 e. The number of halogens is 1. The Hall–Kier alpha value is -3.06. The maximum absolute atomic E-state index is 12.6. The van der Waals surface area contributed by atoms with Gasteiger partial charge in [-0.1, -0.05) is 11.6 Å². The van der Waals surface area contributed by atoms with Gasteiger partial charge >= 0.3 is 0 Å². The molecule has 0 radical (unpaired) electrons. The number of carbonyl (C=O) groups is 2. The maximum Gasteiger partial charge on any atom is 0.291 e. The number of benzene rings is 1. The van der Waals surface area contributed by atoms with Gasteiger partial charge in [0.2, 0.25) is 5.91 Å². The normalized spacial score (nSPS) is 11.9. The van der Waals surface area contributed by atoms with E-state index in [4.69, 9.17) is 16.0 Å². The van der Waals surface area contributed by atoms with E-state index in [1.807, 2.05) is 19.9 Å². The van der Waals surface area contributed by atoms with Crippen LogP contribution in [-0.4, -0.2) is 21.6 Å². The summed E-state index contributed by atoms with van der Waals surface area (Å²) in [7, 11) is 0. The lowest BCUT2D eigenvalue weighted by molar-refractivity contribution is -0.119. The van der Waals surface area contributed by atoms with Crippen molar-refractivity contribution in [1.82, 2.24) is 9.78 Å². The van der Waals surface area contributed by atoms with Crippen molar-refractivity contribution in [2.75, 3.05) is 10.6 Å². The van der Waals surface area contributed by atoms with Gasteiger partial charge in [-0.25, -0.2) is 0 Å². The molecular formula is C20H21ClN4O3. The summed E-state index contributed by atoms with van der Waals surface area (Å²) in [6.07, 6.45) is 0. The lowest BCUT2D eigenvalue weighted by atomic mass is 10.2. The molecule has 8 heteroatoms. The molecule has 2 aromatic heterocycles. The first-order valence-corrected chi connectivity index (χ1v) is 9.13. The molecule has 3 aromatic rings. The lowest BCUT2D eigenvalue weighted by Gasteiger charge is -2.15. The summed E-state index contributed by atoms with van der Waals surface area (Å²) in [5, 5.41) is 10.2. The van der Waals surface area contributed by atoms with Crippen LogP contribution in [0.4, 0.5) is 11.4 Å². The third-order valence-corrected chi connectivity index (χ3v) is 4.55. The van der Waals surface area contributed by atoms with Gasteiger partial charge in [-0.2, -0.15) is 5.10 Å². The fraction of sp³-hybridized carbons (Fsp3) is 0.250. The van der Waals surface area contributed by atoms with Gasteiger partial charge in [0.1, 0.15) is 11.8 Å². The van der Waals surface area contributed by atoms with Crippen molar-refractivity contribution in [2.45, 2.75) is 33.7 Å². The predicted octanol–water partition coefficient (Wildman–Crippen LogP) is 4.51. The molecule has 7 nitrogen and oxygen atoms in total. The molecule has 0 saturated heterocycles. The van der Waals surface area contributed by atoms with Crippen molar-refractivity contribution in [3.05, 3.63) is 64.3 Å². The molecule has 146 valence electrons. The van der Waals surface area contributed by atoms with E-state index in [0.717, 1.165) is 11.4 Å². The Morgan fingerprint density at radius 3 is 2.43 bits per heavy atom. The molecule has 0 saturated carbocycles. The second-order valence-corrected chi connectivity index (χ2v) is 7.00. The van der Waals surface area contributed by atoms with E-state index < -0.39 is 6.04 Å². The number of rotatable bonds is 5.